The van der Waals surface area contributed by atoms with Crippen molar-refractivity contribution in [3.8, 4) is 0 Å². The molecule has 0 N–H and O–H groups in total. The van der Waals surface area contributed by atoms with E-state index in [1.807, 2.05) is 65.4 Å². The lowest BCUT2D eigenvalue weighted by molar-refractivity contribution is -0.694. The molecule has 0 unspecified atom stereocenters. The molecule has 0 aliphatic carbocycles. The van der Waals surface area contributed by atoms with E-state index in [-0.39, 0.29) is 22.7 Å². The molecule has 1 heterocycles. The topological polar surface area (TPSA) is 38.0 Å². The molecule has 0 spiro atoms. The monoisotopic (exact) mass is 403 g/mol. The standard InChI is InChI=1S/C19H18NO2S.BrH/c21-23(22,19-12-5-2-6-13-19)16-18-11-7-8-14-20(18)15-17-9-3-1-4-10-17;/h1-14H,15-16H2;1H/q+1;/p-1. The fourth-order valence-electron chi connectivity index (χ4n) is 2.48. The van der Waals surface area contributed by atoms with Gasteiger partial charge in [0.1, 0.15) is 5.75 Å². The van der Waals surface area contributed by atoms with Crippen LogP contribution in [0.1, 0.15) is 11.3 Å². The van der Waals surface area contributed by atoms with Gasteiger partial charge < -0.3 is 17.0 Å². The van der Waals surface area contributed by atoms with Gasteiger partial charge in [0, 0.05) is 17.7 Å². The molecule has 0 bridgehead atoms. The molecule has 3 rings (SSSR count). The quantitative estimate of drug-likeness (QED) is 0.562. The van der Waals surface area contributed by atoms with Crippen molar-refractivity contribution in [2.45, 2.75) is 17.2 Å². The van der Waals surface area contributed by atoms with Gasteiger partial charge in [-0.05, 0) is 12.1 Å². The summed E-state index contributed by atoms with van der Waals surface area (Å²) in [7, 11) is -3.35. The van der Waals surface area contributed by atoms with Crippen molar-refractivity contribution < 1.29 is 30.0 Å². The Morgan fingerprint density at radius 1 is 0.750 bits per heavy atom. The minimum atomic E-state index is -3.35. The molecule has 0 atom stereocenters. The minimum absolute atomic E-state index is 0. The van der Waals surface area contributed by atoms with Crippen molar-refractivity contribution in [1.29, 1.82) is 0 Å². The molecule has 1 aromatic heterocycles. The first-order valence-corrected chi connectivity index (χ1v) is 9.09. The van der Waals surface area contributed by atoms with E-state index in [0.717, 1.165) is 11.3 Å². The molecule has 0 saturated heterocycles. The van der Waals surface area contributed by atoms with Gasteiger partial charge in [-0.15, -0.1) is 0 Å². The summed E-state index contributed by atoms with van der Waals surface area (Å²) in [6, 6.07) is 24.3. The van der Waals surface area contributed by atoms with E-state index in [1.165, 1.54) is 0 Å². The van der Waals surface area contributed by atoms with Crippen LogP contribution in [-0.4, -0.2) is 8.42 Å². The molecule has 0 saturated carbocycles. The molecule has 0 aliphatic heterocycles. The highest BCUT2D eigenvalue weighted by Crippen LogP contribution is 2.14. The number of rotatable bonds is 5. The highest BCUT2D eigenvalue weighted by Gasteiger charge is 2.21. The van der Waals surface area contributed by atoms with E-state index < -0.39 is 9.84 Å². The van der Waals surface area contributed by atoms with Crippen molar-refractivity contribution in [3.05, 3.63) is 96.3 Å². The molecule has 3 nitrogen and oxygen atoms in total. The number of pyridine rings is 1. The molecule has 0 fully saturated rings. The molecule has 0 radical (unpaired) electrons. The highest BCUT2D eigenvalue weighted by atomic mass is 79.9. The van der Waals surface area contributed by atoms with Crippen LogP contribution in [0.5, 0.6) is 0 Å². The number of hydrogen-bond donors (Lipinski definition) is 0. The second-order valence-electron chi connectivity index (χ2n) is 5.38. The second kappa shape index (κ2) is 8.22. The zero-order valence-electron chi connectivity index (χ0n) is 13.0. The molecule has 0 amide bonds. The van der Waals surface area contributed by atoms with Crippen LogP contribution in [0.15, 0.2) is 90.0 Å². The average molecular weight is 404 g/mol. The lowest BCUT2D eigenvalue weighted by Crippen LogP contribution is -3.00. The Balaban J connectivity index is 0.00000208. The van der Waals surface area contributed by atoms with Gasteiger partial charge in [-0.25, -0.2) is 8.42 Å². The first kappa shape index (κ1) is 18.4. The van der Waals surface area contributed by atoms with Crippen molar-refractivity contribution in [2.75, 3.05) is 0 Å². The maximum atomic E-state index is 12.6. The minimum Gasteiger partial charge on any atom is -1.00 e. The van der Waals surface area contributed by atoms with E-state index in [4.69, 9.17) is 0 Å². The predicted octanol–water partition coefficient (Wildman–Crippen LogP) is 0.000300. The Morgan fingerprint density at radius 3 is 2.00 bits per heavy atom. The molecular formula is C19H18BrNO2S. The summed E-state index contributed by atoms with van der Waals surface area (Å²) in [5.74, 6) is -0.00924. The van der Waals surface area contributed by atoms with E-state index in [1.54, 1.807) is 24.3 Å². The first-order valence-electron chi connectivity index (χ1n) is 7.44. The van der Waals surface area contributed by atoms with Crippen LogP contribution < -0.4 is 21.5 Å². The van der Waals surface area contributed by atoms with E-state index in [0.29, 0.717) is 11.4 Å². The van der Waals surface area contributed by atoms with Gasteiger partial charge in [0.2, 0.25) is 0 Å². The van der Waals surface area contributed by atoms with Crippen LogP contribution >= 0.6 is 0 Å². The molecule has 24 heavy (non-hydrogen) atoms. The second-order valence-corrected chi connectivity index (χ2v) is 7.37. The van der Waals surface area contributed by atoms with Crippen LogP contribution in [0.4, 0.5) is 0 Å². The third kappa shape index (κ3) is 4.52. The Labute approximate surface area is 153 Å². The van der Waals surface area contributed by atoms with Crippen LogP contribution in [0.25, 0.3) is 0 Å². The highest BCUT2D eigenvalue weighted by molar-refractivity contribution is 7.90. The third-order valence-corrected chi connectivity index (χ3v) is 5.34. The zero-order chi connectivity index (χ0) is 16.1. The van der Waals surface area contributed by atoms with Gasteiger partial charge in [-0.3, -0.25) is 0 Å². The molecular weight excluding hydrogens is 386 g/mol. The number of hydrogen-bond acceptors (Lipinski definition) is 2. The molecule has 0 aliphatic rings. The fourth-order valence-corrected chi connectivity index (χ4v) is 3.87. The van der Waals surface area contributed by atoms with Gasteiger partial charge in [-0.2, -0.15) is 4.57 Å². The largest absolute Gasteiger partial charge is 1.00 e. The summed E-state index contributed by atoms with van der Waals surface area (Å²) in [6.07, 6.45) is 1.92. The van der Waals surface area contributed by atoms with Crippen LogP contribution in [0, 0.1) is 0 Å². The lowest BCUT2D eigenvalue weighted by Gasteiger charge is -2.06. The van der Waals surface area contributed by atoms with Crippen molar-refractivity contribution in [3.63, 3.8) is 0 Å². The van der Waals surface area contributed by atoms with Gasteiger partial charge in [0.15, 0.2) is 28.3 Å². The predicted molar refractivity (Wildman–Crippen MR) is 89.5 cm³/mol. The maximum absolute atomic E-state index is 12.6. The Morgan fingerprint density at radius 2 is 1.33 bits per heavy atom. The number of sulfone groups is 1. The lowest BCUT2D eigenvalue weighted by atomic mass is 10.2. The Hall–Kier alpha value is -1.98. The van der Waals surface area contributed by atoms with Crippen molar-refractivity contribution in [1.82, 2.24) is 0 Å². The number of aromatic nitrogens is 1. The number of nitrogens with zero attached hydrogens (tertiary/aromatic N) is 1. The van der Waals surface area contributed by atoms with E-state index in [9.17, 15) is 8.42 Å². The van der Waals surface area contributed by atoms with Crippen LogP contribution in [0.3, 0.4) is 0 Å². The van der Waals surface area contributed by atoms with E-state index in [2.05, 4.69) is 0 Å². The summed E-state index contributed by atoms with van der Waals surface area (Å²) in [6.45, 7) is 0.654. The molecule has 2 aromatic carbocycles. The zero-order valence-corrected chi connectivity index (χ0v) is 15.4. The van der Waals surface area contributed by atoms with Gasteiger partial charge >= 0.3 is 0 Å². The average Bonchev–Trinajstić information content (AvgIpc) is 2.58. The maximum Gasteiger partial charge on any atom is 0.197 e. The number of halogens is 1. The Kier molecular flexibility index (Phi) is 6.29. The smallest absolute Gasteiger partial charge is 0.197 e. The summed E-state index contributed by atoms with van der Waals surface area (Å²) in [4.78, 5) is 0.357. The van der Waals surface area contributed by atoms with Gasteiger partial charge in [-0.1, -0.05) is 54.6 Å². The third-order valence-electron chi connectivity index (χ3n) is 3.67. The number of benzene rings is 2. The summed E-state index contributed by atoms with van der Waals surface area (Å²) in [5, 5.41) is 0. The van der Waals surface area contributed by atoms with E-state index >= 15 is 0 Å². The SMILES string of the molecule is O=S(=O)(Cc1cccc[n+]1Cc1ccccc1)c1ccccc1.[Br-]. The first-order chi connectivity index (χ1) is 11.1. The van der Waals surface area contributed by atoms with Crippen molar-refractivity contribution >= 4 is 9.84 Å². The van der Waals surface area contributed by atoms with Crippen LogP contribution in [0.2, 0.25) is 0 Å². The fraction of sp³-hybridized carbons (Fsp3) is 0.105. The van der Waals surface area contributed by atoms with Gasteiger partial charge in [0.25, 0.3) is 0 Å². The summed E-state index contributed by atoms with van der Waals surface area (Å²) in [5.41, 5.74) is 1.92. The molecule has 5 heteroatoms. The summed E-state index contributed by atoms with van der Waals surface area (Å²) >= 11 is 0. The Bertz CT molecular complexity index is 882. The molecule has 124 valence electrons. The normalized spacial score (nSPS) is 10.8. The van der Waals surface area contributed by atoms with Crippen molar-refractivity contribution in [2.24, 2.45) is 0 Å². The summed E-state index contributed by atoms with van der Waals surface area (Å²) < 4.78 is 27.2. The molecule has 3 aromatic rings. The van der Waals surface area contributed by atoms with Gasteiger partial charge in [0.05, 0.1) is 4.90 Å². The van der Waals surface area contributed by atoms with Crippen LogP contribution in [-0.2, 0) is 22.1 Å².